The summed E-state index contributed by atoms with van der Waals surface area (Å²) in [4.78, 5) is 13.8. The molecular formula is C15H19N3O4S2. The summed E-state index contributed by atoms with van der Waals surface area (Å²) in [6, 6.07) is 7.79. The Hall–Kier alpha value is -1.94. The van der Waals surface area contributed by atoms with Gasteiger partial charge in [0, 0.05) is 23.7 Å². The minimum atomic E-state index is -3.66. The number of methoxy groups -OCH3 is 1. The number of rotatable bonds is 7. The van der Waals surface area contributed by atoms with Crippen molar-refractivity contribution in [3.8, 4) is 5.75 Å². The van der Waals surface area contributed by atoms with E-state index in [1.165, 1.54) is 30.6 Å². The molecule has 0 aliphatic carbocycles. The molecule has 0 fully saturated rings. The Labute approximate surface area is 144 Å². The van der Waals surface area contributed by atoms with E-state index in [1.54, 1.807) is 18.2 Å². The van der Waals surface area contributed by atoms with Gasteiger partial charge in [0.15, 0.2) is 0 Å². The highest BCUT2D eigenvalue weighted by Gasteiger charge is 2.18. The monoisotopic (exact) mass is 369 g/mol. The number of hydrogen-bond acceptors (Lipinski definition) is 6. The van der Waals surface area contributed by atoms with Crippen LogP contribution in [0.5, 0.6) is 5.75 Å². The molecule has 0 radical (unpaired) electrons. The van der Waals surface area contributed by atoms with Crippen molar-refractivity contribution in [3.05, 3.63) is 40.1 Å². The summed E-state index contributed by atoms with van der Waals surface area (Å²) < 4.78 is 31.8. The Morgan fingerprint density at radius 3 is 2.75 bits per heavy atom. The zero-order chi connectivity index (χ0) is 17.7. The second kappa shape index (κ2) is 7.75. The van der Waals surface area contributed by atoms with Crippen LogP contribution in [0.3, 0.4) is 0 Å². The van der Waals surface area contributed by atoms with Gasteiger partial charge in [0.1, 0.15) is 10.6 Å². The Balaban J connectivity index is 2.22. The van der Waals surface area contributed by atoms with Crippen molar-refractivity contribution in [1.82, 2.24) is 4.72 Å². The maximum absolute atomic E-state index is 12.4. The molecule has 2 rings (SSSR count). The maximum Gasteiger partial charge on any atom is 0.269 e. The summed E-state index contributed by atoms with van der Waals surface area (Å²) in [5, 5.41) is 2.69. The second-order valence-electron chi connectivity index (χ2n) is 4.92. The number of ether oxygens (including phenoxy) is 1. The van der Waals surface area contributed by atoms with Crippen molar-refractivity contribution in [2.75, 3.05) is 25.5 Å². The molecule has 7 nitrogen and oxygen atoms in total. The van der Waals surface area contributed by atoms with Gasteiger partial charge in [-0.05, 0) is 31.2 Å². The van der Waals surface area contributed by atoms with E-state index in [1.807, 2.05) is 6.92 Å². The number of nitrogens with two attached hydrogens (primary N) is 1. The molecule has 0 saturated heterocycles. The van der Waals surface area contributed by atoms with Gasteiger partial charge in [0.2, 0.25) is 10.0 Å². The largest absolute Gasteiger partial charge is 0.495 e. The van der Waals surface area contributed by atoms with Crippen molar-refractivity contribution in [1.29, 1.82) is 0 Å². The summed E-state index contributed by atoms with van der Waals surface area (Å²) >= 11 is 1.31. The molecular weight excluding hydrogens is 350 g/mol. The van der Waals surface area contributed by atoms with E-state index in [-0.39, 0.29) is 23.9 Å². The molecule has 2 aromatic rings. The number of thiophene rings is 1. The van der Waals surface area contributed by atoms with Gasteiger partial charge < -0.3 is 15.8 Å². The number of carbonyl (C=O) groups is 1. The highest BCUT2D eigenvalue weighted by Crippen LogP contribution is 2.29. The minimum absolute atomic E-state index is 0.0584. The first kappa shape index (κ1) is 18.4. The first-order valence-corrected chi connectivity index (χ1v) is 9.43. The van der Waals surface area contributed by atoms with Crippen LogP contribution in [0, 0.1) is 6.92 Å². The van der Waals surface area contributed by atoms with Crippen molar-refractivity contribution in [3.63, 3.8) is 0 Å². The normalized spacial score (nSPS) is 11.3. The average Bonchev–Trinajstić information content (AvgIpc) is 2.94. The molecule has 1 amide bonds. The minimum Gasteiger partial charge on any atom is -0.495 e. The standard InChI is InChI=1S/C15H19N3O4S2/c1-10-8-13(22-2)14(23-10)15(19)18-11-4-3-5-12(9-11)24(20,21)17-7-6-16/h3-5,8-9,17H,6-7,16H2,1-2H3,(H,18,19). The maximum atomic E-state index is 12.4. The van der Waals surface area contributed by atoms with Crippen LogP contribution >= 0.6 is 11.3 Å². The lowest BCUT2D eigenvalue weighted by Gasteiger charge is -2.09. The van der Waals surface area contributed by atoms with Crippen LogP contribution in [0.1, 0.15) is 14.5 Å². The van der Waals surface area contributed by atoms with E-state index in [9.17, 15) is 13.2 Å². The number of sulfonamides is 1. The van der Waals surface area contributed by atoms with Crippen LogP contribution in [0.25, 0.3) is 0 Å². The number of amides is 1. The molecule has 1 aromatic carbocycles. The van der Waals surface area contributed by atoms with E-state index >= 15 is 0 Å². The van der Waals surface area contributed by atoms with Gasteiger partial charge in [-0.3, -0.25) is 4.79 Å². The Kier molecular flexibility index (Phi) is 5.94. The fourth-order valence-electron chi connectivity index (χ4n) is 2.01. The smallest absolute Gasteiger partial charge is 0.269 e. The summed E-state index contributed by atoms with van der Waals surface area (Å²) in [5.74, 6) is 0.137. The average molecular weight is 369 g/mol. The van der Waals surface area contributed by atoms with Crippen molar-refractivity contribution in [2.45, 2.75) is 11.8 Å². The fourth-order valence-corrected chi connectivity index (χ4v) is 3.97. The lowest BCUT2D eigenvalue weighted by Crippen LogP contribution is -2.29. The molecule has 0 aliphatic rings. The van der Waals surface area contributed by atoms with Gasteiger partial charge in [-0.2, -0.15) is 0 Å². The van der Waals surface area contributed by atoms with Crippen molar-refractivity contribution in [2.24, 2.45) is 5.73 Å². The lowest BCUT2D eigenvalue weighted by atomic mass is 10.3. The van der Waals surface area contributed by atoms with Gasteiger partial charge >= 0.3 is 0 Å². The number of aryl methyl sites for hydroxylation is 1. The van der Waals surface area contributed by atoms with Gasteiger partial charge in [-0.15, -0.1) is 11.3 Å². The fraction of sp³-hybridized carbons (Fsp3) is 0.267. The van der Waals surface area contributed by atoms with E-state index in [4.69, 9.17) is 10.5 Å². The zero-order valence-corrected chi connectivity index (χ0v) is 15.0. The second-order valence-corrected chi connectivity index (χ2v) is 7.95. The molecule has 1 heterocycles. The predicted molar refractivity (Wildman–Crippen MR) is 94.2 cm³/mol. The first-order valence-electron chi connectivity index (χ1n) is 7.13. The van der Waals surface area contributed by atoms with E-state index < -0.39 is 10.0 Å². The SMILES string of the molecule is COc1cc(C)sc1C(=O)Nc1cccc(S(=O)(=O)NCCN)c1. The number of carbonyl (C=O) groups excluding carboxylic acids is 1. The molecule has 0 unspecified atom stereocenters. The summed E-state index contributed by atoms with van der Waals surface area (Å²) in [6.45, 7) is 2.22. The Bertz CT molecular complexity index is 831. The van der Waals surface area contributed by atoms with Gasteiger partial charge in [0.05, 0.1) is 12.0 Å². The van der Waals surface area contributed by atoms with Crippen LogP contribution in [-0.4, -0.2) is 34.5 Å². The number of hydrogen-bond donors (Lipinski definition) is 3. The highest BCUT2D eigenvalue weighted by molar-refractivity contribution is 7.89. The van der Waals surface area contributed by atoms with Crippen LogP contribution in [0.4, 0.5) is 5.69 Å². The molecule has 130 valence electrons. The van der Waals surface area contributed by atoms with Crippen LogP contribution < -0.4 is 20.5 Å². The third kappa shape index (κ3) is 4.32. The third-order valence-electron chi connectivity index (χ3n) is 3.09. The molecule has 0 bridgehead atoms. The summed E-state index contributed by atoms with van der Waals surface area (Å²) in [5.41, 5.74) is 5.69. The van der Waals surface area contributed by atoms with E-state index in [2.05, 4.69) is 10.0 Å². The number of benzene rings is 1. The molecule has 0 spiro atoms. The molecule has 0 aliphatic heterocycles. The quantitative estimate of drug-likeness (QED) is 0.686. The highest BCUT2D eigenvalue weighted by atomic mass is 32.2. The molecule has 24 heavy (non-hydrogen) atoms. The van der Waals surface area contributed by atoms with E-state index in [0.29, 0.717) is 16.3 Å². The number of anilines is 1. The van der Waals surface area contributed by atoms with Crippen LogP contribution in [0.2, 0.25) is 0 Å². The van der Waals surface area contributed by atoms with Gasteiger partial charge in [0.25, 0.3) is 5.91 Å². The molecule has 9 heteroatoms. The lowest BCUT2D eigenvalue weighted by molar-refractivity contribution is 0.102. The van der Waals surface area contributed by atoms with Crippen molar-refractivity contribution >= 4 is 33.0 Å². The molecule has 1 aromatic heterocycles. The third-order valence-corrected chi connectivity index (χ3v) is 5.58. The van der Waals surface area contributed by atoms with Crippen LogP contribution in [-0.2, 0) is 10.0 Å². The van der Waals surface area contributed by atoms with Gasteiger partial charge in [-0.25, -0.2) is 13.1 Å². The van der Waals surface area contributed by atoms with Crippen molar-refractivity contribution < 1.29 is 17.9 Å². The summed E-state index contributed by atoms with van der Waals surface area (Å²) in [7, 11) is -2.16. The van der Waals surface area contributed by atoms with Crippen LogP contribution in [0.15, 0.2) is 35.2 Å². The molecule has 4 N–H and O–H groups in total. The first-order chi connectivity index (χ1) is 11.4. The Morgan fingerprint density at radius 1 is 1.33 bits per heavy atom. The topological polar surface area (TPSA) is 111 Å². The summed E-state index contributed by atoms with van der Waals surface area (Å²) in [6.07, 6.45) is 0. The number of nitrogens with one attached hydrogen (secondary N) is 2. The van der Waals surface area contributed by atoms with E-state index in [0.717, 1.165) is 4.88 Å². The molecule has 0 atom stereocenters. The predicted octanol–water partition coefficient (Wildman–Crippen LogP) is 1.55. The molecule has 0 saturated carbocycles. The van der Waals surface area contributed by atoms with Gasteiger partial charge in [-0.1, -0.05) is 6.07 Å². The zero-order valence-electron chi connectivity index (χ0n) is 13.3. The Morgan fingerprint density at radius 2 is 2.08 bits per heavy atom.